The monoisotopic (exact) mass is 396 g/mol. The van der Waals surface area contributed by atoms with Gasteiger partial charge in [0.15, 0.2) is 9.84 Å². The van der Waals surface area contributed by atoms with Gasteiger partial charge in [-0.25, -0.2) is 8.42 Å². The molecule has 140 valence electrons. The molecule has 0 spiro atoms. The van der Waals surface area contributed by atoms with Crippen LogP contribution in [-0.2, 0) is 19.4 Å². The number of nitrogens with one attached hydrogen (secondary N) is 2. The number of sulfone groups is 1. The molecule has 0 fully saturated rings. The molecule has 2 rings (SSSR count). The molecule has 1 atom stereocenters. The van der Waals surface area contributed by atoms with Crippen molar-refractivity contribution in [3.8, 4) is 0 Å². The average molecular weight is 396 g/mol. The molecule has 1 aromatic carbocycles. The molecule has 0 bridgehead atoms. The van der Waals surface area contributed by atoms with E-state index >= 15 is 0 Å². The zero-order chi connectivity index (χ0) is 19.2. The minimum atomic E-state index is -3.76. The number of hydrogen-bond donors (Lipinski definition) is 3. The van der Waals surface area contributed by atoms with Crippen LogP contribution in [0.25, 0.3) is 0 Å². The minimum Gasteiger partial charge on any atom is -0.395 e. The lowest BCUT2D eigenvalue weighted by Crippen LogP contribution is -2.43. The van der Waals surface area contributed by atoms with E-state index < -0.39 is 26.9 Å². The second kappa shape index (κ2) is 8.93. The molecular formula is C17H20N2O5S2. The molecule has 0 saturated carbocycles. The van der Waals surface area contributed by atoms with Crippen LogP contribution in [0.3, 0.4) is 0 Å². The third kappa shape index (κ3) is 4.90. The molecule has 2 amide bonds. The van der Waals surface area contributed by atoms with E-state index in [4.69, 9.17) is 5.11 Å². The Morgan fingerprint density at radius 3 is 2.35 bits per heavy atom. The van der Waals surface area contributed by atoms with Crippen molar-refractivity contribution in [2.75, 3.05) is 19.7 Å². The highest BCUT2D eigenvalue weighted by Crippen LogP contribution is 2.31. The number of aliphatic hydroxyl groups is 1. The summed E-state index contributed by atoms with van der Waals surface area (Å²) in [7, 11) is -3.76. The number of hydrogen-bond acceptors (Lipinski definition) is 6. The van der Waals surface area contributed by atoms with Gasteiger partial charge in [-0.15, -0.1) is 11.3 Å². The standard InChI is InChI=1S/C17H20N2O5S2/c1-12-4-6-13(7-5-12)26(23,24)15(14-3-2-10-25-14)11-19-17(22)16(21)18-8-9-20/h2-7,10,15,20H,8-9,11H2,1H3,(H,18,21)(H,19,22)/t15-/m0/s1. The van der Waals surface area contributed by atoms with E-state index in [0.717, 1.165) is 5.56 Å². The van der Waals surface area contributed by atoms with Gasteiger partial charge in [0.1, 0.15) is 5.25 Å². The summed E-state index contributed by atoms with van der Waals surface area (Å²) in [5.41, 5.74) is 0.936. The molecule has 2 aromatic rings. The van der Waals surface area contributed by atoms with Crippen molar-refractivity contribution in [3.63, 3.8) is 0 Å². The molecule has 0 radical (unpaired) electrons. The summed E-state index contributed by atoms with van der Waals surface area (Å²) in [5, 5.41) is 14.0. The van der Waals surface area contributed by atoms with Crippen molar-refractivity contribution in [2.45, 2.75) is 17.1 Å². The third-order valence-electron chi connectivity index (χ3n) is 3.64. The van der Waals surface area contributed by atoms with Crippen LogP contribution in [0.1, 0.15) is 15.7 Å². The lowest BCUT2D eigenvalue weighted by atomic mass is 10.2. The van der Waals surface area contributed by atoms with Gasteiger partial charge in [-0.05, 0) is 30.5 Å². The molecule has 0 aliphatic carbocycles. The van der Waals surface area contributed by atoms with E-state index in [-0.39, 0.29) is 24.6 Å². The van der Waals surface area contributed by atoms with Crippen LogP contribution in [0, 0.1) is 6.92 Å². The highest BCUT2D eigenvalue weighted by molar-refractivity contribution is 7.91. The Bertz CT molecular complexity index is 846. The Kier molecular flexibility index (Phi) is 6.90. The van der Waals surface area contributed by atoms with E-state index in [1.54, 1.807) is 29.6 Å². The van der Waals surface area contributed by atoms with Crippen LogP contribution < -0.4 is 10.6 Å². The summed E-state index contributed by atoms with van der Waals surface area (Å²) in [6.07, 6.45) is 0. The maximum atomic E-state index is 13.0. The van der Waals surface area contributed by atoms with Gasteiger partial charge in [-0.2, -0.15) is 0 Å². The smallest absolute Gasteiger partial charge is 0.309 e. The van der Waals surface area contributed by atoms with Crippen LogP contribution in [0.4, 0.5) is 0 Å². The second-order valence-corrected chi connectivity index (χ2v) is 8.66. The summed E-state index contributed by atoms with van der Waals surface area (Å²) < 4.78 is 26.0. The van der Waals surface area contributed by atoms with Crippen LogP contribution in [-0.4, -0.2) is 45.0 Å². The first-order chi connectivity index (χ1) is 12.4. The first kappa shape index (κ1) is 20.1. The SMILES string of the molecule is Cc1ccc(S(=O)(=O)[C@@H](CNC(=O)C(=O)NCCO)c2cccs2)cc1. The van der Waals surface area contributed by atoms with Gasteiger partial charge >= 0.3 is 11.8 Å². The Hall–Kier alpha value is -2.23. The highest BCUT2D eigenvalue weighted by Gasteiger charge is 2.31. The van der Waals surface area contributed by atoms with E-state index in [1.165, 1.54) is 23.5 Å². The number of rotatable bonds is 7. The van der Waals surface area contributed by atoms with Gasteiger partial charge in [0, 0.05) is 18.0 Å². The predicted molar refractivity (Wildman–Crippen MR) is 98.5 cm³/mol. The number of aliphatic hydroxyl groups excluding tert-OH is 1. The molecular weight excluding hydrogens is 376 g/mol. The van der Waals surface area contributed by atoms with Gasteiger partial charge < -0.3 is 15.7 Å². The maximum Gasteiger partial charge on any atom is 0.309 e. The molecule has 9 heteroatoms. The van der Waals surface area contributed by atoms with E-state index in [1.807, 2.05) is 6.92 Å². The van der Waals surface area contributed by atoms with Crippen molar-refractivity contribution in [1.29, 1.82) is 0 Å². The minimum absolute atomic E-state index is 0.0533. The fourth-order valence-electron chi connectivity index (χ4n) is 2.25. The first-order valence-corrected chi connectivity index (χ1v) is 10.3. The van der Waals surface area contributed by atoms with Crippen molar-refractivity contribution in [3.05, 3.63) is 52.2 Å². The lowest BCUT2D eigenvalue weighted by molar-refractivity contribution is -0.139. The second-order valence-electron chi connectivity index (χ2n) is 5.55. The fourth-order valence-corrected chi connectivity index (χ4v) is 5.03. The van der Waals surface area contributed by atoms with Crippen LogP contribution in [0.5, 0.6) is 0 Å². The number of benzene rings is 1. The summed E-state index contributed by atoms with van der Waals surface area (Å²) in [6.45, 7) is 1.28. The summed E-state index contributed by atoms with van der Waals surface area (Å²) in [4.78, 5) is 24.1. The molecule has 1 heterocycles. The highest BCUT2D eigenvalue weighted by atomic mass is 32.2. The molecule has 0 saturated heterocycles. The molecule has 0 aliphatic rings. The molecule has 26 heavy (non-hydrogen) atoms. The average Bonchev–Trinajstić information content (AvgIpc) is 3.14. The zero-order valence-electron chi connectivity index (χ0n) is 14.1. The van der Waals surface area contributed by atoms with Gasteiger partial charge in [-0.3, -0.25) is 9.59 Å². The predicted octanol–water partition coefficient (Wildman–Crippen LogP) is 0.796. The molecule has 3 N–H and O–H groups in total. The maximum absolute atomic E-state index is 13.0. The van der Waals surface area contributed by atoms with Gasteiger partial charge in [0.2, 0.25) is 0 Å². The Morgan fingerprint density at radius 1 is 1.12 bits per heavy atom. The molecule has 0 aliphatic heterocycles. The fraction of sp³-hybridized carbons (Fsp3) is 0.294. The Balaban J connectivity index is 2.21. The van der Waals surface area contributed by atoms with Crippen molar-refractivity contribution >= 4 is 33.0 Å². The number of amides is 2. The topological polar surface area (TPSA) is 113 Å². The number of aryl methyl sites for hydroxylation is 1. The lowest BCUT2D eigenvalue weighted by Gasteiger charge is -2.17. The molecule has 1 aromatic heterocycles. The van der Waals surface area contributed by atoms with E-state index in [2.05, 4.69) is 10.6 Å². The number of carbonyl (C=O) groups excluding carboxylic acids is 2. The Morgan fingerprint density at radius 2 is 1.77 bits per heavy atom. The van der Waals surface area contributed by atoms with Crippen LogP contribution >= 0.6 is 11.3 Å². The quantitative estimate of drug-likeness (QED) is 0.599. The summed E-state index contributed by atoms with van der Waals surface area (Å²) >= 11 is 1.27. The number of thiophene rings is 1. The largest absolute Gasteiger partial charge is 0.395 e. The van der Waals surface area contributed by atoms with Crippen molar-refractivity contribution < 1.29 is 23.1 Å². The van der Waals surface area contributed by atoms with Gasteiger partial charge in [0.25, 0.3) is 0 Å². The molecule has 0 unspecified atom stereocenters. The third-order valence-corrected chi connectivity index (χ3v) is 6.87. The summed E-state index contributed by atoms with van der Waals surface area (Å²) in [6, 6.07) is 9.88. The van der Waals surface area contributed by atoms with Crippen LogP contribution in [0.15, 0.2) is 46.7 Å². The van der Waals surface area contributed by atoms with Gasteiger partial charge in [-0.1, -0.05) is 23.8 Å². The first-order valence-electron chi connectivity index (χ1n) is 7.87. The Labute approximate surface area is 156 Å². The van der Waals surface area contributed by atoms with Crippen LogP contribution in [0.2, 0.25) is 0 Å². The number of carbonyl (C=O) groups is 2. The zero-order valence-corrected chi connectivity index (χ0v) is 15.8. The van der Waals surface area contributed by atoms with Gasteiger partial charge in [0.05, 0.1) is 11.5 Å². The normalized spacial score (nSPS) is 12.4. The van der Waals surface area contributed by atoms with Crippen molar-refractivity contribution in [1.82, 2.24) is 10.6 Å². The van der Waals surface area contributed by atoms with Crippen molar-refractivity contribution in [2.24, 2.45) is 0 Å². The summed E-state index contributed by atoms with van der Waals surface area (Å²) in [5.74, 6) is -1.86. The molecule has 7 nitrogen and oxygen atoms in total. The van der Waals surface area contributed by atoms with E-state index in [0.29, 0.717) is 4.88 Å². The van der Waals surface area contributed by atoms with E-state index in [9.17, 15) is 18.0 Å².